The lowest BCUT2D eigenvalue weighted by Crippen LogP contribution is -2.42. The molecule has 124 valence electrons. The Hall–Kier alpha value is -0.960. The van der Waals surface area contributed by atoms with Crippen LogP contribution in [-0.2, 0) is 28.4 Å². The van der Waals surface area contributed by atoms with E-state index in [4.69, 9.17) is 4.74 Å². The molecular weight excluding hydrogens is 304 g/mol. The first kappa shape index (κ1) is 15.9. The van der Waals surface area contributed by atoms with Gasteiger partial charge in [-0.3, -0.25) is 4.90 Å². The minimum atomic E-state index is -3.17. The van der Waals surface area contributed by atoms with Crippen LogP contribution in [0.1, 0.15) is 12.2 Å². The van der Waals surface area contributed by atoms with E-state index in [0.29, 0.717) is 26.3 Å². The topological polar surface area (TPSA) is 67.7 Å². The van der Waals surface area contributed by atoms with Crippen molar-refractivity contribution in [2.45, 2.75) is 13.0 Å². The zero-order valence-electron chi connectivity index (χ0n) is 13.2. The summed E-state index contributed by atoms with van der Waals surface area (Å²) in [7, 11) is -1.17. The molecule has 0 bridgehead atoms. The van der Waals surface area contributed by atoms with Gasteiger partial charge in [-0.25, -0.2) is 13.4 Å². The monoisotopic (exact) mass is 328 g/mol. The number of imidazole rings is 1. The first-order valence-corrected chi connectivity index (χ1v) is 9.44. The Balaban J connectivity index is 1.70. The van der Waals surface area contributed by atoms with Crippen LogP contribution in [0.3, 0.4) is 0 Å². The second-order valence-electron chi connectivity index (χ2n) is 6.56. The molecule has 0 aromatic carbocycles. The van der Waals surface area contributed by atoms with E-state index >= 15 is 0 Å². The predicted molar refractivity (Wildman–Crippen MR) is 82.8 cm³/mol. The van der Waals surface area contributed by atoms with Crippen LogP contribution in [0.2, 0.25) is 0 Å². The van der Waals surface area contributed by atoms with Gasteiger partial charge < -0.3 is 9.30 Å². The molecule has 0 unspecified atom stereocenters. The fourth-order valence-corrected chi connectivity index (χ4v) is 4.31. The molecule has 0 radical (unpaired) electrons. The number of ether oxygens (including phenoxy) is 1. The summed E-state index contributed by atoms with van der Waals surface area (Å²) in [4.78, 5) is 6.71. The van der Waals surface area contributed by atoms with Crippen molar-refractivity contribution in [3.05, 3.63) is 18.2 Å². The Morgan fingerprint density at radius 3 is 2.86 bits per heavy atom. The lowest BCUT2D eigenvalue weighted by molar-refractivity contribution is 0.0718. The fourth-order valence-electron chi connectivity index (χ4n) is 3.40. The minimum Gasteiger partial charge on any atom is -0.379 e. The van der Waals surface area contributed by atoms with Gasteiger partial charge in [0, 0.05) is 44.5 Å². The van der Waals surface area contributed by atoms with Crippen LogP contribution in [0.15, 0.2) is 12.4 Å². The molecule has 3 heterocycles. The summed E-state index contributed by atoms with van der Waals surface area (Å²) in [6, 6.07) is 0. The fraction of sp³-hybridized carbons (Fsp3) is 0.786. The molecule has 0 aliphatic carbocycles. The van der Waals surface area contributed by atoms with Gasteiger partial charge in [0.1, 0.15) is 5.82 Å². The summed E-state index contributed by atoms with van der Waals surface area (Å²) in [5.74, 6) is 1.03. The van der Waals surface area contributed by atoms with Gasteiger partial charge in [-0.2, -0.15) is 4.31 Å². The maximum atomic E-state index is 11.9. The minimum absolute atomic E-state index is 0.0925. The van der Waals surface area contributed by atoms with Crippen molar-refractivity contribution in [3.63, 3.8) is 0 Å². The van der Waals surface area contributed by atoms with E-state index in [2.05, 4.69) is 9.88 Å². The molecule has 22 heavy (non-hydrogen) atoms. The highest BCUT2D eigenvalue weighted by molar-refractivity contribution is 7.88. The molecule has 2 fully saturated rings. The Morgan fingerprint density at radius 2 is 2.18 bits per heavy atom. The van der Waals surface area contributed by atoms with Crippen molar-refractivity contribution >= 4 is 10.0 Å². The van der Waals surface area contributed by atoms with Crippen LogP contribution >= 0.6 is 0 Å². The van der Waals surface area contributed by atoms with Crippen LogP contribution in [0.25, 0.3) is 0 Å². The van der Waals surface area contributed by atoms with E-state index in [0.717, 1.165) is 31.9 Å². The molecule has 0 saturated carbocycles. The van der Waals surface area contributed by atoms with Crippen molar-refractivity contribution < 1.29 is 13.2 Å². The van der Waals surface area contributed by atoms with Gasteiger partial charge in [0.2, 0.25) is 10.0 Å². The van der Waals surface area contributed by atoms with Gasteiger partial charge >= 0.3 is 0 Å². The third-order valence-electron chi connectivity index (χ3n) is 4.68. The van der Waals surface area contributed by atoms with E-state index in [1.807, 2.05) is 17.8 Å². The first-order valence-electron chi connectivity index (χ1n) is 7.59. The average Bonchev–Trinajstić information content (AvgIpc) is 2.93. The quantitative estimate of drug-likeness (QED) is 0.775. The van der Waals surface area contributed by atoms with Crippen molar-refractivity contribution in [1.29, 1.82) is 0 Å². The lowest BCUT2D eigenvalue weighted by atomic mass is 9.88. The molecule has 2 aliphatic heterocycles. The van der Waals surface area contributed by atoms with Gasteiger partial charge in [-0.1, -0.05) is 0 Å². The summed E-state index contributed by atoms with van der Waals surface area (Å²) in [5, 5.41) is 0. The third-order valence-corrected chi connectivity index (χ3v) is 5.93. The van der Waals surface area contributed by atoms with Crippen molar-refractivity contribution in [1.82, 2.24) is 18.8 Å². The average molecular weight is 328 g/mol. The van der Waals surface area contributed by atoms with Crippen LogP contribution in [-0.4, -0.2) is 72.8 Å². The normalized spacial score (nSPS) is 28.3. The summed E-state index contributed by atoms with van der Waals surface area (Å²) in [6.45, 7) is 4.73. The van der Waals surface area contributed by atoms with Gasteiger partial charge in [0.15, 0.2) is 0 Å². The number of rotatable bonds is 3. The van der Waals surface area contributed by atoms with Crippen molar-refractivity contribution in [2.24, 2.45) is 12.5 Å². The molecule has 1 aromatic rings. The van der Waals surface area contributed by atoms with E-state index < -0.39 is 10.0 Å². The highest BCUT2D eigenvalue weighted by Gasteiger charge is 2.42. The molecule has 1 spiro atoms. The molecule has 2 aliphatic rings. The summed E-state index contributed by atoms with van der Waals surface area (Å²) in [6.07, 6.45) is 6.00. The molecule has 0 amide bonds. The molecule has 8 heteroatoms. The number of aryl methyl sites for hydroxylation is 1. The van der Waals surface area contributed by atoms with E-state index in [1.165, 1.54) is 6.26 Å². The highest BCUT2D eigenvalue weighted by atomic mass is 32.2. The Bertz CT molecular complexity index is 630. The summed E-state index contributed by atoms with van der Waals surface area (Å²) >= 11 is 0. The Morgan fingerprint density at radius 1 is 1.36 bits per heavy atom. The molecule has 7 nitrogen and oxygen atoms in total. The molecule has 2 saturated heterocycles. The maximum Gasteiger partial charge on any atom is 0.211 e. The molecular formula is C14H24N4O3S. The van der Waals surface area contributed by atoms with Gasteiger partial charge in [-0.05, 0) is 13.0 Å². The first-order chi connectivity index (χ1) is 10.4. The predicted octanol–water partition coefficient (Wildman–Crippen LogP) is -0.0960. The smallest absolute Gasteiger partial charge is 0.211 e. The van der Waals surface area contributed by atoms with Gasteiger partial charge in [0.25, 0.3) is 0 Å². The van der Waals surface area contributed by atoms with E-state index in [-0.39, 0.29) is 5.41 Å². The van der Waals surface area contributed by atoms with Crippen LogP contribution < -0.4 is 0 Å². The SMILES string of the molecule is Cn1ccnc1CN1CC[C@]2(COCCN(S(C)(=O)=O)C2)C1. The molecule has 1 atom stereocenters. The van der Waals surface area contributed by atoms with Crippen molar-refractivity contribution in [2.75, 3.05) is 45.6 Å². The Labute approximate surface area is 131 Å². The number of nitrogens with zero attached hydrogens (tertiary/aromatic N) is 4. The van der Waals surface area contributed by atoms with Crippen molar-refractivity contribution in [3.8, 4) is 0 Å². The second kappa shape index (κ2) is 5.92. The maximum absolute atomic E-state index is 11.9. The standard InChI is InChI=1S/C14H24N4O3S/c1-16-6-4-15-13(16)9-17-5-3-14(10-17)11-18(22(2,19)20)7-8-21-12-14/h4,6H,3,5,7-12H2,1-2H3/t14-/m0/s1. The highest BCUT2D eigenvalue weighted by Crippen LogP contribution is 2.34. The Kier molecular flexibility index (Phi) is 4.28. The molecule has 3 rings (SSSR count). The number of sulfonamides is 1. The number of aromatic nitrogens is 2. The number of likely N-dealkylation sites (tertiary alicyclic amines) is 1. The summed E-state index contributed by atoms with van der Waals surface area (Å²) < 4.78 is 33.1. The second-order valence-corrected chi connectivity index (χ2v) is 8.55. The number of hydrogen-bond acceptors (Lipinski definition) is 5. The van der Waals surface area contributed by atoms with Crippen LogP contribution in [0.5, 0.6) is 0 Å². The number of hydrogen-bond donors (Lipinski definition) is 0. The largest absolute Gasteiger partial charge is 0.379 e. The lowest BCUT2D eigenvalue weighted by Gasteiger charge is -2.30. The third kappa shape index (κ3) is 3.34. The van der Waals surface area contributed by atoms with Crippen LogP contribution in [0.4, 0.5) is 0 Å². The zero-order chi connectivity index (χ0) is 15.8. The molecule has 0 N–H and O–H groups in total. The summed E-state index contributed by atoms with van der Waals surface area (Å²) in [5.41, 5.74) is -0.0925. The molecule has 1 aromatic heterocycles. The van der Waals surface area contributed by atoms with E-state index in [1.54, 1.807) is 10.5 Å². The van der Waals surface area contributed by atoms with Gasteiger partial charge in [-0.15, -0.1) is 0 Å². The zero-order valence-corrected chi connectivity index (χ0v) is 14.0. The van der Waals surface area contributed by atoms with Gasteiger partial charge in [0.05, 0.1) is 26.0 Å². The van der Waals surface area contributed by atoms with Crippen LogP contribution in [0, 0.1) is 5.41 Å². The van der Waals surface area contributed by atoms with E-state index in [9.17, 15) is 8.42 Å².